The molecular weight excluding hydrogens is 280 g/mol. The number of hydrogen-bond donors (Lipinski definition) is 1. The predicted molar refractivity (Wildman–Crippen MR) is 90.1 cm³/mol. The van der Waals surface area contributed by atoms with Gasteiger partial charge >= 0.3 is 0 Å². The average Bonchev–Trinajstić information content (AvgIpc) is 2.76. The number of thiazole rings is 1. The second-order valence-electron chi connectivity index (χ2n) is 7.23. The topological polar surface area (TPSA) is 34.2 Å². The number of nitrogens with zero attached hydrogens (tertiary/aromatic N) is 1. The Hall–Kier alpha value is -0.450. The van der Waals surface area contributed by atoms with Gasteiger partial charge in [0.1, 0.15) is 0 Å². The number of aromatic nitrogens is 1. The Morgan fingerprint density at radius 1 is 1.24 bits per heavy atom. The van der Waals surface area contributed by atoms with E-state index < -0.39 is 0 Å². The first-order valence-corrected chi connectivity index (χ1v) is 8.79. The van der Waals surface area contributed by atoms with Crippen molar-refractivity contribution in [1.29, 1.82) is 0 Å². The molecule has 1 aromatic heterocycles. The number of ether oxygens (including phenoxy) is 1. The fourth-order valence-electron chi connectivity index (χ4n) is 3.40. The highest BCUT2D eigenvalue weighted by Gasteiger charge is 2.43. The van der Waals surface area contributed by atoms with Gasteiger partial charge in [-0.2, -0.15) is 0 Å². The number of methoxy groups -OCH3 is 1. The molecule has 0 aromatic carbocycles. The van der Waals surface area contributed by atoms with Gasteiger partial charge in [-0.15, -0.1) is 11.3 Å². The molecule has 4 heteroatoms. The van der Waals surface area contributed by atoms with Crippen LogP contribution in [-0.4, -0.2) is 30.8 Å². The minimum atomic E-state index is -0.0439. The Bertz CT molecular complexity index is 452. The molecule has 0 spiro atoms. The zero-order valence-electron chi connectivity index (χ0n) is 14.4. The van der Waals surface area contributed by atoms with Gasteiger partial charge < -0.3 is 10.1 Å². The third kappa shape index (κ3) is 3.66. The maximum absolute atomic E-state index is 6.05. The zero-order valence-corrected chi connectivity index (χ0v) is 15.2. The Labute approximate surface area is 133 Å². The summed E-state index contributed by atoms with van der Waals surface area (Å²) in [6.07, 6.45) is 5.69. The lowest BCUT2D eigenvalue weighted by Gasteiger charge is -2.47. The number of aryl methyl sites for hydroxylation is 2. The van der Waals surface area contributed by atoms with Gasteiger partial charge in [0.05, 0.1) is 16.3 Å². The van der Waals surface area contributed by atoms with Crippen LogP contribution in [0.1, 0.15) is 55.1 Å². The quantitative estimate of drug-likeness (QED) is 0.896. The maximum Gasteiger partial charge on any atom is 0.0947 e. The van der Waals surface area contributed by atoms with Gasteiger partial charge in [0.25, 0.3) is 0 Å². The van der Waals surface area contributed by atoms with Crippen LogP contribution in [0.25, 0.3) is 0 Å². The molecule has 120 valence electrons. The van der Waals surface area contributed by atoms with E-state index in [4.69, 9.17) is 9.72 Å². The van der Waals surface area contributed by atoms with Gasteiger partial charge in [0, 0.05) is 24.4 Å². The summed E-state index contributed by atoms with van der Waals surface area (Å²) in [5.41, 5.74) is 1.58. The number of likely N-dealkylation sites (N-methyl/N-ethyl adjacent to an activating group) is 1. The number of rotatable bonds is 5. The summed E-state index contributed by atoms with van der Waals surface area (Å²) in [6.45, 7) is 8.99. The molecule has 21 heavy (non-hydrogen) atoms. The molecule has 1 saturated carbocycles. The van der Waals surface area contributed by atoms with E-state index in [0.717, 1.165) is 19.3 Å². The molecule has 1 aromatic rings. The normalized spacial score (nSPS) is 22.2. The Morgan fingerprint density at radius 2 is 1.86 bits per heavy atom. The molecule has 1 aliphatic carbocycles. The smallest absolute Gasteiger partial charge is 0.0947 e. The van der Waals surface area contributed by atoms with Crippen LogP contribution in [-0.2, 0) is 11.2 Å². The van der Waals surface area contributed by atoms with Crippen LogP contribution in [0.15, 0.2) is 0 Å². The van der Waals surface area contributed by atoms with Crippen molar-refractivity contribution >= 4 is 11.3 Å². The van der Waals surface area contributed by atoms with E-state index in [0.29, 0.717) is 11.5 Å². The molecule has 1 heterocycles. The van der Waals surface area contributed by atoms with E-state index in [1.54, 1.807) is 0 Å². The van der Waals surface area contributed by atoms with Crippen molar-refractivity contribution in [3.05, 3.63) is 15.6 Å². The van der Waals surface area contributed by atoms with Crippen LogP contribution < -0.4 is 5.32 Å². The van der Waals surface area contributed by atoms with Crippen molar-refractivity contribution in [3.63, 3.8) is 0 Å². The van der Waals surface area contributed by atoms with E-state index in [2.05, 4.69) is 40.1 Å². The Balaban J connectivity index is 2.14. The molecule has 0 amide bonds. The van der Waals surface area contributed by atoms with Crippen molar-refractivity contribution < 1.29 is 4.74 Å². The standard InChI is InChI=1S/C17H30N2OS/c1-12-13(2)21-15(19-12)11-14(18-5)17(20-6)9-7-16(3,4)8-10-17/h14,18H,7-11H2,1-6H3. The first-order valence-electron chi connectivity index (χ1n) is 7.97. The predicted octanol–water partition coefficient (Wildman–Crippen LogP) is 3.88. The van der Waals surface area contributed by atoms with Crippen molar-refractivity contribution in [2.45, 2.75) is 71.4 Å². The largest absolute Gasteiger partial charge is 0.377 e. The summed E-state index contributed by atoms with van der Waals surface area (Å²) < 4.78 is 6.05. The second-order valence-corrected chi connectivity index (χ2v) is 8.52. The first kappa shape index (κ1) is 16.9. The van der Waals surface area contributed by atoms with Gasteiger partial charge in [-0.25, -0.2) is 4.98 Å². The monoisotopic (exact) mass is 310 g/mol. The SMILES string of the molecule is CNC(Cc1nc(C)c(C)s1)C1(OC)CCC(C)(C)CC1. The molecule has 2 rings (SSSR count). The zero-order chi connectivity index (χ0) is 15.7. The van der Waals surface area contributed by atoms with Crippen LogP contribution in [0.2, 0.25) is 0 Å². The van der Waals surface area contributed by atoms with Gasteiger partial charge in [-0.1, -0.05) is 13.8 Å². The summed E-state index contributed by atoms with van der Waals surface area (Å²) in [5, 5.41) is 4.74. The molecule has 0 aliphatic heterocycles. The molecule has 1 aliphatic rings. The van der Waals surface area contributed by atoms with Crippen LogP contribution in [0.3, 0.4) is 0 Å². The first-order chi connectivity index (χ1) is 9.82. The Morgan fingerprint density at radius 3 is 2.29 bits per heavy atom. The highest BCUT2D eigenvalue weighted by molar-refractivity contribution is 7.11. The lowest BCUT2D eigenvalue weighted by atomic mass is 9.68. The van der Waals surface area contributed by atoms with Gasteiger partial charge in [0.15, 0.2) is 0 Å². The number of nitrogens with one attached hydrogen (secondary N) is 1. The van der Waals surface area contributed by atoms with E-state index >= 15 is 0 Å². The molecule has 1 fully saturated rings. The molecule has 0 radical (unpaired) electrons. The van der Waals surface area contributed by atoms with Gasteiger partial charge in [-0.05, 0) is 52.0 Å². The molecule has 1 N–H and O–H groups in total. The summed E-state index contributed by atoms with van der Waals surface area (Å²) in [6, 6.07) is 0.337. The van der Waals surface area contributed by atoms with Crippen LogP contribution in [0.5, 0.6) is 0 Å². The molecule has 1 atom stereocenters. The third-order valence-electron chi connectivity index (χ3n) is 5.29. The molecule has 0 saturated heterocycles. The molecule has 3 nitrogen and oxygen atoms in total. The fourth-order valence-corrected chi connectivity index (χ4v) is 4.38. The summed E-state index contributed by atoms with van der Waals surface area (Å²) in [7, 11) is 3.93. The second kappa shape index (κ2) is 6.35. The van der Waals surface area contributed by atoms with Crippen LogP contribution >= 0.6 is 11.3 Å². The highest BCUT2D eigenvalue weighted by Crippen LogP contribution is 2.44. The minimum absolute atomic E-state index is 0.0439. The van der Waals surface area contributed by atoms with Crippen molar-refractivity contribution in [2.24, 2.45) is 5.41 Å². The lowest BCUT2D eigenvalue weighted by molar-refractivity contribution is -0.0847. The molecular formula is C17H30N2OS. The summed E-state index contributed by atoms with van der Waals surface area (Å²) >= 11 is 1.82. The third-order valence-corrected chi connectivity index (χ3v) is 6.39. The van der Waals surface area contributed by atoms with Gasteiger partial charge in [0.2, 0.25) is 0 Å². The van der Waals surface area contributed by atoms with E-state index in [9.17, 15) is 0 Å². The van der Waals surface area contributed by atoms with Crippen LogP contribution in [0, 0.1) is 19.3 Å². The maximum atomic E-state index is 6.05. The highest BCUT2D eigenvalue weighted by atomic mass is 32.1. The van der Waals surface area contributed by atoms with E-state index in [-0.39, 0.29) is 5.60 Å². The Kier molecular flexibility index (Phi) is 5.11. The summed E-state index contributed by atoms with van der Waals surface area (Å²) in [5.74, 6) is 0. The number of hydrogen-bond acceptors (Lipinski definition) is 4. The lowest BCUT2D eigenvalue weighted by Crippen LogP contribution is -2.54. The average molecular weight is 311 g/mol. The molecule has 0 bridgehead atoms. The van der Waals surface area contributed by atoms with Gasteiger partial charge in [-0.3, -0.25) is 0 Å². The van der Waals surface area contributed by atoms with E-state index in [1.807, 2.05) is 18.4 Å². The fraction of sp³-hybridized carbons (Fsp3) is 0.824. The minimum Gasteiger partial charge on any atom is -0.377 e. The van der Waals surface area contributed by atoms with Crippen molar-refractivity contribution in [1.82, 2.24) is 10.3 Å². The van der Waals surface area contributed by atoms with Crippen molar-refractivity contribution in [2.75, 3.05) is 14.2 Å². The molecule has 1 unspecified atom stereocenters. The van der Waals surface area contributed by atoms with E-state index in [1.165, 1.54) is 28.4 Å². The van der Waals surface area contributed by atoms with Crippen LogP contribution in [0.4, 0.5) is 0 Å². The van der Waals surface area contributed by atoms with Crippen molar-refractivity contribution in [3.8, 4) is 0 Å². The summed E-state index contributed by atoms with van der Waals surface area (Å²) in [4.78, 5) is 6.04.